The van der Waals surface area contributed by atoms with Crippen LogP contribution in [0.2, 0.25) is 0 Å². The minimum absolute atomic E-state index is 0.200. The van der Waals surface area contributed by atoms with Gasteiger partial charge in [0.1, 0.15) is 0 Å². The fourth-order valence-corrected chi connectivity index (χ4v) is 2.32. The van der Waals surface area contributed by atoms with Gasteiger partial charge in [-0.25, -0.2) is 0 Å². The molecule has 6 nitrogen and oxygen atoms in total. The molecule has 0 radical (unpaired) electrons. The Bertz CT molecular complexity index is 671. The average Bonchev–Trinajstić information content (AvgIpc) is 2.65. The molecule has 1 amide bonds. The van der Waals surface area contributed by atoms with Crippen molar-refractivity contribution in [2.75, 3.05) is 13.1 Å². The monoisotopic (exact) mass is 259 g/mol. The molecular weight excluding hydrogens is 246 g/mol. The van der Waals surface area contributed by atoms with Gasteiger partial charge in [0, 0.05) is 25.5 Å². The first-order chi connectivity index (χ1) is 9.08. The van der Waals surface area contributed by atoms with Crippen molar-refractivity contribution in [3.05, 3.63) is 30.0 Å². The number of likely N-dealkylation sites (tertiary alicyclic amines) is 1. The van der Waals surface area contributed by atoms with Crippen LogP contribution in [-0.4, -0.2) is 44.8 Å². The van der Waals surface area contributed by atoms with Gasteiger partial charge in [-0.2, -0.15) is 5.10 Å². The van der Waals surface area contributed by atoms with Crippen molar-refractivity contribution in [1.82, 2.24) is 14.7 Å². The summed E-state index contributed by atoms with van der Waals surface area (Å²) in [5, 5.41) is 13.9. The summed E-state index contributed by atoms with van der Waals surface area (Å²) < 4.78 is 1.66. The maximum absolute atomic E-state index is 12.3. The maximum Gasteiger partial charge on any atom is 0.310 e. The summed E-state index contributed by atoms with van der Waals surface area (Å²) in [6.45, 7) is 0.526. The molecule has 2 aromatic rings. The highest BCUT2D eigenvalue weighted by molar-refractivity contribution is 6.05. The Hall–Kier alpha value is -2.37. The van der Waals surface area contributed by atoms with E-state index in [1.54, 1.807) is 11.7 Å². The first kappa shape index (κ1) is 11.7. The van der Waals surface area contributed by atoms with Crippen molar-refractivity contribution in [1.29, 1.82) is 0 Å². The molecule has 1 aromatic heterocycles. The lowest BCUT2D eigenvalue weighted by molar-refractivity contribution is -0.146. The number of aryl methyl sites for hydroxylation is 1. The van der Waals surface area contributed by atoms with E-state index in [9.17, 15) is 9.59 Å². The number of carbonyl (C=O) groups is 2. The zero-order valence-corrected chi connectivity index (χ0v) is 10.4. The number of aliphatic carboxylic acids is 1. The summed E-state index contributed by atoms with van der Waals surface area (Å²) in [5.74, 6) is -1.50. The fraction of sp³-hybridized carbons (Fsp3) is 0.308. The summed E-state index contributed by atoms with van der Waals surface area (Å²) in [4.78, 5) is 24.5. The number of carboxylic acid groups (broad SMARTS) is 1. The van der Waals surface area contributed by atoms with E-state index in [2.05, 4.69) is 5.10 Å². The summed E-state index contributed by atoms with van der Waals surface area (Å²) in [6, 6.07) is 7.50. The van der Waals surface area contributed by atoms with Crippen LogP contribution in [0, 0.1) is 5.92 Å². The third-order valence-corrected chi connectivity index (χ3v) is 3.48. The van der Waals surface area contributed by atoms with E-state index in [1.807, 2.05) is 24.3 Å². The lowest BCUT2D eigenvalue weighted by Crippen LogP contribution is -2.53. The van der Waals surface area contributed by atoms with Gasteiger partial charge < -0.3 is 10.0 Å². The van der Waals surface area contributed by atoms with Gasteiger partial charge in [-0.3, -0.25) is 14.3 Å². The van der Waals surface area contributed by atoms with Crippen molar-refractivity contribution in [3.63, 3.8) is 0 Å². The molecular formula is C13H13N3O3. The molecule has 0 aliphatic carbocycles. The van der Waals surface area contributed by atoms with Gasteiger partial charge >= 0.3 is 5.97 Å². The summed E-state index contributed by atoms with van der Waals surface area (Å²) >= 11 is 0. The first-order valence-corrected chi connectivity index (χ1v) is 6.01. The molecule has 98 valence electrons. The molecule has 1 aromatic carbocycles. The van der Waals surface area contributed by atoms with Crippen molar-refractivity contribution in [2.45, 2.75) is 0 Å². The van der Waals surface area contributed by atoms with Crippen LogP contribution in [0.4, 0.5) is 0 Å². The average molecular weight is 259 g/mol. The molecule has 6 heteroatoms. The Labute approximate surface area is 109 Å². The van der Waals surface area contributed by atoms with Crippen LogP contribution in [0.15, 0.2) is 24.3 Å². The van der Waals surface area contributed by atoms with Crippen molar-refractivity contribution in [3.8, 4) is 0 Å². The number of carboxylic acids is 1. The zero-order valence-electron chi connectivity index (χ0n) is 10.4. The molecule has 0 saturated carbocycles. The SMILES string of the molecule is Cn1nc(C(=O)N2CC(C(=O)O)C2)c2ccccc21. The van der Waals surface area contributed by atoms with Crippen LogP contribution in [0.3, 0.4) is 0 Å². The number of aromatic nitrogens is 2. The molecule has 1 saturated heterocycles. The summed E-state index contributed by atoms with van der Waals surface area (Å²) in [7, 11) is 1.79. The van der Waals surface area contributed by atoms with E-state index in [0.717, 1.165) is 10.9 Å². The predicted octanol–water partition coefficient (Wildman–Crippen LogP) is 0.730. The second-order valence-electron chi connectivity index (χ2n) is 4.73. The topological polar surface area (TPSA) is 75.4 Å². The van der Waals surface area contributed by atoms with E-state index in [0.29, 0.717) is 5.69 Å². The van der Waals surface area contributed by atoms with Crippen molar-refractivity contribution in [2.24, 2.45) is 13.0 Å². The molecule has 1 N–H and O–H groups in total. The smallest absolute Gasteiger partial charge is 0.310 e. The molecule has 0 unspecified atom stereocenters. The number of rotatable bonds is 2. The van der Waals surface area contributed by atoms with Gasteiger partial charge in [-0.15, -0.1) is 0 Å². The minimum Gasteiger partial charge on any atom is -0.481 e. The number of hydrogen-bond donors (Lipinski definition) is 1. The normalized spacial score (nSPS) is 15.5. The molecule has 1 aliphatic heterocycles. The second-order valence-corrected chi connectivity index (χ2v) is 4.73. The highest BCUT2D eigenvalue weighted by Gasteiger charge is 2.37. The molecule has 1 aliphatic rings. The molecule has 0 bridgehead atoms. The van der Waals surface area contributed by atoms with Crippen LogP contribution in [-0.2, 0) is 11.8 Å². The second kappa shape index (κ2) is 4.08. The van der Waals surface area contributed by atoms with E-state index < -0.39 is 11.9 Å². The number of benzene rings is 1. The van der Waals surface area contributed by atoms with Crippen molar-refractivity contribution < 1.29 is 14.7 Å². The molecule has 3 rings (SSSR count). The number of hydrogen-bond acceptors (Lipinski definition) is 3. The fourth-order valence-electron chi connectivity index (χ4n) is 2.32. The number of fused-ring (bicyclic) bond motifs is 1. The van der Waals surface area contributed by atoms with Crippen LogP contribution in [0.25, 0.3) is 10.9 Å². The zero-order chi connectivity index (χ0) is 13.6. The van der Waals surface area contributed by atoms with E-state index >= 15 is 0 Å². The van der Waals surface area contributed by atoms with E-state index in [4.69, 9.17) is 5.11 Å². The maximum atomic E-state index is 12.3. The molecule has 2 heterocycles. The largest absolute Gasteiger partial charge is 0.481 e. The number of para-hydroxylation sites is 1. The third kappa shape index (κ3) is 1.76. The number of carbonyl (C=O) groups excluding carboxylic acids is 1. The Morgan fingerprint density at radius 3 is 2.68 bits per heavy atom. The molecule has 1 fully saturated rings. The summed E-state index contributed by atoms with van der Waals surface area (Å²) in [5.41, 5.74) is 1.28. The minimum atomic E-state index is -0.852. The number of amides is 1. The Balaban J connectivity index is 1.89. The van der Waals surface area contributed by atoms with Crippen LogP contribution in [0.5, 0.6) is 0 Å². The molecule has 19 heavy (non-hydrogen) atoms. The van der Waals surface area contributed by atoms with E-state index in [1.165, 1.54) is 4.90 Å². The lowest BCUT2D eigenvalue weighted by atomic mass is 10.00. The van der Waals surface area contributed by atoms with Gasteiger partial charge in [-0.05, 0) is 6.07 Å². The van der Waals surface area contributed by atoms with Gasteiger partial charge in [-0.1, -0.05) is 18.2 Å². The van der Waals surface area contributed by atoms with Gasteiger partial charge in [0.15, 0.2) is 5.69 Å². The van der Waals surface area contributed by atoms with Crippen LogP contribution in [0.1, 0.15) is 10.5 Å². The standard InChI is InChI=1S/C13H13N3O3/c1-15-10-5-3-2-4-9(10)11(14-15)12(17)16-6-8(7-16)13(18)19/h2-5,8H,6-7H2,1H3,(H,18,19). The van der Waals surface area contributed by atoms with Gasteiger partial charge in [0.25, 0.3) is 5.91 Å². The number of nitrogens with zero attached hydrogens (tertiary/aromatic N) is 3. The Morgan fingerprint density at radius 1 is 1.32 bits per heavy atom. The lowest BCUT2D eigenvalue weighted by Gasteiger charge is -2.36. The first-order valence-electron chi connectivity index (χ1n) is 6.01. The van der Waals surface area contributed by atoms with Crippen LogP contribution < -0.4 is 0 Å². The van der Waals surface area contributed by atoms with Gasteiger partial charge in [0.2, 0.25) is 0 Å². The molecule has 0 spiro atoms. The highest BCUT2D eigenvalue weighted by Crippen LogP contribution is 2.23. The van der Waals surface area contributed by atoms with E-state index in [-0.39, 0.29) is 19.0 Å². The highest BCUT2D eigenvalue weighted by atomic mass is 16.4. The quantitative estimate of drug-likeness (QED) is 0.862. The predicted molar refractivity (Wildman–Crippen MR) is 67.7 cm³/mol. The Morgan fingerprint density at radius 2 is 2.00 bits per heavy atom. The third-order valence-electron chi connectivity index (χ3n) is 3.48. The Kier molecular flexibility index (Phi) is 2.51. The molecule has 0 atom stereocenters. The van der Waals surface area contributed by atoms with Gasteiger partial charge in [0.05, 0.1) is 11.4 Å². The summed E-state index contributed by atoms with van der Waals surface area (Å²) in [6.07, 6.45) is 0. The van der Waals surface area contributed by atoms with Crippen LogP contribution >= 0.6 is 0 Å². The van der Waals surface area contributed by atoms with Crippen molar-refractivity contribution >= 4 is 22.8 Å².